The van der Waals surface area contributed by atoms with Crippen molar-refractivity contribution >= 4 is 5.69 Å². The summed E-state index contributed by atoms with van der Waals surface area (Å²) in [6, 6.07) is 6.18. The minimum atomic E-state index is -0.446. The summed E-state index contributed by atoms with van der Waals surface area (Å²) in [7, 11) is 0. The monoisotopic (exact) mass is 290 g/mol. The van der Waals surface area contributed by atoms with Crippen molar-refractivity contribution in [3.63, 3.8) is 0 Å². The quantitative estimate of drug-likeness (QED) is 0.622. The van der Waals surface area contributed by atoms with Crippen molar-refractivity contribution in [2.75, 3.05) is 6.54 Å². The van der Waals surface area contributed by atoms with Gasteiger partial charge in [0.1, 0.15) is 0 Å². The van der Waals surface area contributed by atoms with Crippen LogP contribution in [-0.2, 0) is 0 Å². The third-order valence-corrected chi connectivity index (χ3v) is 3.09. The Morgan fingerprint density at radius 2 is 2.19 bits per heavy atom. The largest absolute Gasteiger partial charge is 0.419 e. The number of nitro groups is 1. The van der Waals surface area contributed by atoms with Gasteiger partial charge >= 0.3 is 0 Å². The standard InChI is InChI=1S/C14H18N4O3/c1-3-8-15-12(4-2)14-17-16-13(21-14)10-6-5-7-11(9-10)18(19)20/h5-7,9,12,15H,3-4,8H2,1-2H3. The summed E-state index contributed by atoms with van der Waals surface area (Å²) >= 11 is 0. The van der Waals surface area contributed by atoms with Gasteiger partial charge in [-0.2, -0.15) is 0 Å². The molecule has 0 aliphatic rings. The number of hydrogen-bond acceptors (Lipinski definition) is 6. The summed E-state index contributed by atoms with van der Waals surface area (Å²) < 4.78 is 5.65. The van der Waals surface area contributed by atoms with E-state index in [0.29, 0.717) is 17.3 Å². The van der Waals surface area contributed by atoms with Crippen molar-refractivity contribution in [2.24, 2.45) is 0 Å². The second-order valence-electron chi connectivity index (χ2n) is 4.67. The summed E-state index contributed by atoms with van der Waals surface area (Å²) in [5, 5.41) is 22.1. The lowest BCUT2D eigenvalue weighted by Gasteiger charge is -2.11. The zero-order chi connectivity index (χ0) is 15.2. The zero-order valence-electron chi connectivity index (χ0n) is 12.1. The molecule has 0 spiro atoms. The predicted molar refractivity (Wildman–Crippen MR) is 77.7 cm³/mol. The average molecular weight is 290 g/mol. The highest BCUT2D eigenvalue weighted by molar-refractivity contribution is 5.57. The molecule has 1 aromatic heterocycles. The minimum absolute atomic E-state index is 0.00315. The van der Waals surface area contributed by atoms with Gasteiger partial charge in [0.2, 0.25) is 11.8 Å². The molecule has 1 unspecified atom stereocenters. The summed E-state index contributed by atoms with van der Waals surface area (Å²) in [6.07, 6.45) is 1.85. The first-order valence-electron chi connectivity index (χ1n) is 6.97. The van der Waals surface area contributed by atoms with Gasteiger partial charge in [-0.1, -0.05) is 19.9 Å². The molecule has 0 radical (unpaired) electrons. The van der Waals surface area contributed by atoms with Crippen molar-refractivity contribution in [1.29, 1.82) is 0 Å². The summed E-state index contributed by atoms with van der Waals surface area (Å²) in [4.78, 5) is 10.3. The molecule has 0 fully saturated rings. The minimum Gasteiger partial charge on any atom is -0.419 e. The molecular formula is C14H18N4O3. The second-order valence-corrected chi connectivity index (χ2v) is 4.67. The number of non-ortho nitro benzene ring substituents is 1. The zero-order valence-corrected chi connectivity index (χ0v) is 12.1. The second kappa shape index (κ2) is 6.94. The third kappa shape index (κ3) is 3.63. The number of aromatic nitrogens is 2. The van der Waals surface area contributed by atoms with Crippen LogP contribution >= 0.6 is 0 Å². The molecule has 1 atom stereocenters. The number of hydrogen-bond donors (Lipinski definition) is 1. The Balaban J connectivity index is 2.22. The Kier molecular flexibility index (Phi) is 4.99. The van der Waals surface area contributed by atoms with E-state index in [1.54, 1.807) is 12.1 Å². The number of rotatable bonds is 7. The van der Waals surface area contributed by atoms with E-state index in [1.165, 1.54) is 12.1 Å². The van der Waals surface area contributed by atoms with Crippen molar-refractivity contribution in [1.82, 2.24) is 15.5 Å². The number of nitrogens with one attached hydrogen (secondary N) is 1. The van der Waals surface area contributed by atoms with Crippen molar-refractivity contribution in [3.8, 4) is 11.5 Å². The van der Waals surface area contributed by atoms with Crippen molar-refractivity contribution in [3.05, 3.63) is 40.3 Å². The van der Waals surface area contributed by atoms with Gasteiger partial charge in [-0.3, -0.25) is 10.1 Å². The number of nitro benzene ring substituents is 1. The molecule has 1 heterocycles. The van der Waals surface area contributed by atoms with Crippen LogP contribution in [0.1, 0.15) is 38.6 Å². The molecule has 7 heteroatoms. The Morgan fingerprint density at radius 3 is 2.86 bits per heavy atom. The Bertz CT molecular complexity index is 612. The van der Waals surface area contributed by atoms with E-state index < -0.39 is 4.92 Å². The molecule has 0 saturated carbocycles. The van der Waals surface area contributed by atoms with Crippen LogP contribution < -0.4 is 5.32 Å². The molecule has 112 valence electrons. The molecular weight excluding hydrogens is 272 g/mol. The molecule has 1 N–H and O–H groups in total. The van der Waals surface area contributed by atoms with Gasteiger partial charge in [-0.25, -0.2) is 0 Å². The van der Waals surface area contributed by atoms with E-state index in [0.717, 1.165) is 19.4 Å². The predicted octanol–water partition coefficient (Wildman–Crippen LogP) is 3.10. The van der Waals surface area contributed by atoms with Crippen LogP contribution in [-0.4, -0.2) is 21.7 Å². The average Bonchev–Trinajstić information content (AvgIpc) is 2.98. The van der Waals surface area contributed by atoms with Crippen LogP contribution in [0.2, 0.25) is 0 Å². The normalized spacial score (nSPS) is 12.3. The lowest BCUT2D eigenvalue weighted by molar-refractivity contribution is -0.384. The Morgan fingerprint density at radius 1 is 1.38 bits per heavy atom. The summed E-state index contributed by atoms with van der Waals surface area (Å²) in [5.74, 6) is 0.804. The van der Waals surface area contributed by atoms with Gasteiger partial charge in [0.15, 0.2) is 0 Å². The molecule has 7 nitrogen and oxygen atoms in total. The lowest BCUT2D eigenvalue weighted by atomic mass is 10.2. The molecule has 2 aromatic rings. The Labute approximate surface area is 122 Å². The molecule has 0 aliphatic carbocycles. The van der Waals surface area contributed by atoms with E-state index in [9.17, 15) is 10.1 Å². The van der Waals surface area contributed by atoms with Crippen LogP contribution in [0.25, 0.3) is 11.5 Å². The molecule has 0 aliphatic heterocycles. The van der Waals surface area contributed by atoms with E-state index in [2.05, 4.69) is 22.4 Å². The van der Waals surface area contributed by atoms with Crippen LogP contribution in [0.3, 0.4) is 0 Å². The van der Waals surface area contributed by atoms with Crippen molar-refractivity contribution in [2.45, 2.75) is 32.7 Å². The third-order valence-electron chi connectivity index (χ3n) is 3.09. The van der Waals surface area contributed by atoms with Gasteiger partial charge in [0.05, 0.1) is 11.0 Å². The van der Waals surface area contributed by atoms with Crippen LogP contribution in [0.5, 0.6) is 0 Å². The smallest absolute Gasteiger partial charge is 0.270 e. The summed E-state index contributed by atoms with van der Waals surface area (Å²) in [5.41, 5.74) is 0.552. The highest BCUT2D eigenvalue weighted by Gasteiger charge is 2.18. The molecule has 2 rings (SSSR count). The molecule has 0 amide bonds. The molecule has 0 bridgehead atoms. The fourth-order valence-corrected chi connectivity index (χ4v) is 1.97. The van der Waals surface area contributed by atoms with Gasteiger partial charge in [0.25, 0.3) is 5.69 Å². The van der Waals surface area contributed by atoms with Crippen LogP contribution in [0.4, 0.5) is 5.69 Å². The van der Waals surface area contributed by atoms with Gasteiger partial charge in [-0.15, -0.1) is 10.2 Å². The van der Waals surface area contributed by atoms with Crippen molar-refractivity contribution < 1.29 is 9.34 Å². The van der Waals surface area contributed by atoms with E-state index in [1.807, 2.05) is 6.92 Å². The lowest BCUT2D eigenvalue weighted by Crippen LogP contribution is -2.21. The highest BCUT2D eigenvalue weighted by atomic mass is 16.6. The Hall–Kier alpha value is -2.28. The van der Waals surface area contributed by atoms with Gasteiger partial charge in [-0.05, 0) is 25.5 Å². The highest BCUT2D eigenvalue weighted by Crippen LogP contribution is 2.25. The SMILES string of the molecule is CCCNC(CC)c1nnc(-c2cccc([N+](=O)[O-])c2)o1. The maximum absolute atomic E-state index is 10.8. The first-order valence-corrected chi connectivity index (χ1v) is 6.97. The maximum Gasteiger partial charge on any atom is 0.270 e. The fraction of sp³-hybridized carbons (Fsp3) is 0.429. The molecule has 1 aromatic carbocycles. The summed E-state index contributed by atoms with van der Waals surface area (Å²) in [6.45, 7) is 4.99. The first-order chi connectivity index (χ1) is 10.2. The molecule has 0 saturated heterocycles. The van der Waals surface area contributed by atoms with E-state index >= 15 is 0 Å². The number of nitrogens with zero attached hydrogens (tertiary/aromatic N) is 3. The van der Waals surface area contributed by atoms with Gasteiger partial charge < -0.3 is 9.73 Å². The number of benzene rings is 1. The van der Waals surface area contributed by atoms with E-state index in [4.69, 9.17) is 4.42 Å². The van der Waals surface area contributed by atoms with Crippen LogP contribution in [0, 0.1) is 10.1 Å². The first kappa shape index (κ1) is 15.1. The van der Waals surface area contributed by atoms with Crippen LogP contribution in [0.15, 0.2) is 28.7 Å². The van der Waals surface area contributed by atoms with Gasteiger partial charge in [0, 0.05) is 17.7 Å². The maximum atomic E-state index is 10.8. The molecule has 21 heavy (non-hydrogen) atoms. The fourth-order valence-electron chi connectivity index (χ4n) is 1.97. The van der Waals surface area contributed by atoms with E-state index in [-0.39, 0.29) is 11.7 Å². The topological polar surface area (TPSA) is 94.1 Å².